The topological polar surface area (TPSA) is 168 Å². The van der Waals surface area contributed by atoms with Crippen molar-refractivity contribution in [1.29, 1.82) is 0 Å². The smallest absolute Gasteiger partial charge is 0.164 e. The molecule has 0 radical (unpaired) electrons. The molecule has 0 saturated carbocycles. The first kappa shape index (κ1) is 88.1. The van der Waals surface area contributed by atoms with Crippen molar-refractivity contribution < 1.29 is 0 Å². The van der Waals surface area contributed by atoms with Crippen LogP contribution in [0.25, 0.3) is 277 Å². The molecule has 0 N–H and O–H groups in total. The summed E-state index contributed by atoms with van der Waals surface area (Å²) < 4.78 is 0. The molecule has 7 aromatic heterocycles. The average molecular weight is 1890 g/mol. The normalized spacial score (nSPS) is 11.4. The highest BCUT2D eigenvalue weighted by Gasteiger charge is 2.23. The summed E-state index contributed by atoms with van der Waals surface area (Å²) >= 11 is 0. The van der Waals surface area contributed by atoms with Crippen molar-refractivity contribution >= 4 is 108 Å². The van der Waals surface area contributed by atoms with Gasteiger partial charge in [0.05, 0.1) is 22.4 Å². The van der Waals surface area contributed by atoms with Gasteiger partial charge in [0, 0.05) is 119 Å². The SMILES string of the molecule is c1ccc(-c2nc(-c3ccc(-c4nccc5ccccc45)cc3)nc(-c3ccc(-c4nccc5ccccc45)cc3)n2)cc1.c1ccc2c(-c3ccc(-c4nc(-c5ccc(-c6cccc7ccccc67)cc5)nc(-c5ccc(-c6cccc7cccnc67)cc5)n4)cc3)cccc2c1.c1cnc2c(-c3ccc(-c4nc(-c5cc6ccccc6c6ccccc56)nc(-c5cc6ccccc6c6ccccc56)n4)cc3)cccc2c1. The quantitative estimate of drug-likeness (QED) is 0.0890. The molecule has 13 nitrogen and oxygen atoms in total. The van der Waals surface area contributed by atoms with Crippen LogP contribution in [0.3, 0.4) is 0 Å². The van der Waals surface area contributed by atoms with Crippen LogP contribution in [-0.2, 0) is 0 Å². The Balaban J connectivity index is 0.000000113. The molecular weight excluding hydrogens is 1800 g/mol. The zero-order chi connectivity index (χ0) is 98.2. The van der Waals surface area contributed by atoms with E-state index in [2.05, 4.69) is 432 Å². The van der Waals surface area contributed by atoms with Crippen LogP contribution < -0.4 is 0 Å². The third-order valence-electron chi connectivity index (χ3n) is 27.8. The predicted octanol–water partition coefficient (Wildman–Crippen LogP) is 33.7. The molecule has 148 heavy (non-hydrogen) atoms. The summed E-state index contributed by atoms with van der Waals surface area (Å²) in [5.74, 6) is 5.65. The Kier molecular flexibility index (Phi) is 23.0. The number of nitrogens with zero attached hydrogens (tertiary/aromatic N) is 13. The van der Waals surface area contributed by atoms with Crippen molar-refractivity contribution in [1.82, 2.24) is 64.8 Å². The molecule has 690 valence electrons. The van der Waals surface area contributed by atoms with Crippen molar-refractivity contribution in [2.75, 3.05) is 0 Å². The fraction of sp³-hybridized carbons (Fsp3) is 0. The van der Waals surface area contributed by atoms with E-state index in [0.29, 0.717) is 52.4 Å². The second-order valence-corrected chi connectivity index (χ2v) is 36.7. The average Bonchev–Trinajstić information content (AvgIpc) is 0.744. The molecule has 0 unspecified atom stereocenters. The Morgan fingerprint density at radius 1 is 0.108 bits per heavy atom. The van der Waals surface area contributed by atoms with Crippen LogP contribution in [0.15, 0.2) is 516 Å². The van der Waals surface area contributed by atoms with Gasteiger partial charge in [-0.2, -0.15) is 0 Å². The summed E-state index contributed by atoms with van der Waals surface area (Å²) in [6.45, 7) is 0. The molecule has 0 bridgehead atoms. The standard InChI is InChI=1S/C50H32N4.C46H28N4.C39H25N5/c1-3-15-42-33(9-1)11-5-17-44(42)35-20-26-39(27-21-35)48-52-49(40-28-22-36(23-29-40)45-18-6-12-34-10-2-4-16-43(34)45)54-50(53-48)41-30-24-37(25-31-41)46-19-7-13-38-14-8-32-51-47(38)46;1-3-15-34-32(11-1)27-41(39-19-7-5-17-37(34)39)45-48-44(31-24-22-29(23-25-31)36-21-9-13-30-14-10-26-47-43(30)36)49-46(50-45)42-28-33-12-2-4-16-35(33)38-18-6-8-20-40(38)42;1-2-10-30(11-3-1)37-42-38(31-18-14-28(15-19-31)35-33-12-6-4-8-26(33)22-24-40-35)44-39(43-37)32-20-16-29(17-21-32)36-34-13-7-5-9-27(34)23-25-41-36/h1-32H;1-28H;1-25H. The minimum absolute atomic E-state index is 0.617. The van der Waals surface area contributed by atoms with Gasteiger partial charge in [0.25, 0.3) is 0 Å². The number of para-hydroxylation sites is 2. The van der Waals surface area contributed by atoms with Gasteiger partial charge in [-0.15, -0.1) is 0 Å². The Hall–Kier alpha value is -20.2. The van der Waals surface area contributed by atoms with Crippen molar-refractivity contribution in [2.45, 2.75) is 0 Å². The third-order valence-corrected chi connectivity index (χ3v) is 27.8. The zero-order valence-electron chi connectivity index (χ0n) is 79.9. The van der Waals surface area contributed by atoms with Gasteiger partial charge in [-0.25, -0.2) is 44.9 Å². The molecule has 21 aromatic carbocycles. The van der Waals surface area contributed by atoms with Gasteiger partial charge in [-0.3, -0.25) is 19.9 Å². The molecule has 13 heteroatoms. The van der Waals surface area contributed by atoms with E-state index >= 15 is 0 Å². The molecular formula is C135H85N13. The van der Waals surface area contributed by atoms with E-state index in [1.807, 2.05) is 104 Å². The molecule has 28 rings (SSSR count). The van der Waals surface area contributed by atoms with Gasteiger partial charge in [-0.1, -0.05) is 455 Å². The summed E-state index contributed by atoms with van der Waals surface area (Å²) in [6, 6.07) is 170. The van der Waals surface area contributed by atoms with Crippen LogP contribution in [0.2, 0.25) is 0 Å². The number of pyridine rings is 4. The van der Waals surface area contributed by atoms with Crippen molar-refractivity contribution in [3.05, 3.63) is 516 Å². The summed E-state index contributed by atoms with van der Waals surface area (Å²) in [7, 11) is 0. The van der Waals surface area contributed by atoms with Crippen LogP contribution in [0.5, 0.6) is 0 Å². The number of hydrogen-bond donors (Lipinski definition) is 0. The molecule has 0 spiro atoms. The Morgan fingerprint density at radius 2 is 0.338 bits per heavy atom. The monoisotopic (exact) mass is 1890 g/mol. The second-order valence-electron chi connectivity index (χ2n) is 36.7. The van der Waals surface area contributed by atoms with Crippen LogP contribution in [0.4, 0.5) is 0 Å². The van der Waals surface area contributed by atoms with Gasteiger partial charge in [0.15, 0.2) is 52.4 Å². The number of benzene rings is 21. The van der Waals surface area contributed by atoms with E-state index < -0.39 is 0 Å². The van der Waals surface area contributed by atoms with Crippen LogP contribution in [-0.4, -0.2) is 64.8 Å². The van der Waals surface area contributed by atoms with Gasteiger partial charge in [-0.05, 0) is 145 Å². The van der Waals surface area contributed by atoms with Crippen LogP contribution in [0, 0.1) is 0 Å². The number of aromatic nitrogens is 13. The fourth-order valence-corrected chi connectivity index (χ4v) is 20.4. The molecule has 0 atom stereocenters. The zero-order valence-corrected chi connectivity index (χ0v) is 79.9. The molecule has 0 fully saturated rings. The first-order chi connectivity index (χ1) is 73.3. The van der Waals surface area contributed by atoms with E-state index in [4.69, 9.17) is 44.9 Å². The van der Waals surface area contributed by atoms with E-state index in [9.17, 15) is 0 Å². The maximum Gasteiger partial charge on any atom is 0.164 e. The van der Waals surface area contributed by atoms with E-state index in [-0.39, 0.29) is 0 Å². The molecule has 0 saturated heterocycles. The summed E-state index contributed by atoms with van der Waals surface area (Å²) in [5.41, 5.74) is 23.4. The van der Waals surface area contributed by atoms with E-state index in [1.165, 1.54) is 65.0 Å². The molecule has 28 aromatic rings. The lowest BCUT2D eigenvalue weighted by atomic mass is 9.96. The molecule has 7 heterocycles. The number of fused-ring (bicyclic) bond motifs is 12. The lowest BCUT2D eigenvalue weighted by molar-refractivity contribution is 1.07. The molecule has 0 aliphatic rings. The molecule has 0 amide bonds. The summed E-state index contributed by atoms with van der Waals surface area (Å²) in [6.07, 6.45) is 7.41. The summed E-state index contributed by atoms with van der Waals surface area (Å²) in [4.78, 5) is 64.4. The maximum atomic E-state index is 5.28. The lowest BCUT2D eigenvalue weighted by Gasteiger charge is -2.14. The van der Waals surface area contributed by atoms with Gasteiger partial charge >= 0.3 is 0 Å². The highest BCUT2D eigenvalue weighted by molar-refractivity contribution is 6.16. The highest BCUT2D eigenvalue weighted by Crippen LogP contribution is 2.43. The number of rotatable bonds is 15. The molecule has 0 aliphatic carbocycles. The second kappa shape index (κ2) is 38.7. The van der Waals surface area contributed by atoms with Crippen molar-refractivity contribution in [2.24, 2.45) is 0 Å². The predicted molar refractivity (Wildman–Crippen MR) is 607 cm³/mol. The molecule has 0 aliphatic heterocycles. The maximum absolute atomic E-state index is 5.28. The van der Waals surface area contributed by atoms with E-state index in [0.717, 1.165) is 160 Å². The third kappa shape index (κ3) is 17.2. The minimum Gasteiger partial charge on any atom is -0.256 e. The van der Waals surface area contributed by atoms with Crippen molar-refractivity contribution in [3.63, 3.8) is 0 Å². The minimum atomic E-state index is 0.617. The van der Waals surface area contributed by atoms with E-state index in [1.54, 1.807) is 0 Å². The highest BCUT2D eigenvalue weighted by atomic mass is 15.1. The fourth-order valence-electron chi connectivity index (χ4n) is 20.4. The Labute approximate surface area is 852 Å². The largest absolute Gasteiger partial charge is 0.256 e. The van der Waals surface area contributed by atoms with Gasteiger partial charge in [0.2, 0.25) is 0 Å². The first-order valence-corrected chi connectivity index (χ1v) is 49.4. The van der Waals surface area contributed by atoms with Gasteiger partial charge in [0.1, 0.15) is 0 Å². The number of hydrogen-bond acceptors (Lipinski definition) is 13. The summed E-state index contributed by atoms with van der Waals surface area (Å²) in [5, 5.41) is 21.0. The Bertz CT molecular complexity index is 9320. The van der Waals surface area contributed by atoms with Crippen LogP contribution in [0.1, 0.15) is 0 Å². The van der Waals surface area contributed by atoms with Gasteiger partial charge < -0.3 is 0 Å². The first-order valence-electron chi connectivity index (χ1n) is 49.4. The van der Waals surface area contributed by atoms with Crippen LogP contribution >= 0.6 is 0 Å². The lowest BCUT2D eigenvalue weighted by Crippen LogP contribution is -2.01. The van der Waals surface area contributed by atoms with Crippen molar-refractivity contribution in [3.8, 4) is 170 Å². The Morgan fingerprint density at radius 3 is 0.689 bits per heavy atom.